The molecule has 0 saturated heterocycles. The third-order valence-electron chi connectivity index (χ3n) is 1.12. The van der Waals surface area contributed by atoms with E-state index in [1.807, 2.05) is 0 Å². The van der Waals surface area contributed by atoms with Crippen molar-refractivity contribution in [3.05, 3.63) is 22.5 Å². The van der Waals surface area contributed by atoms with Crippen LogP contribution in [0.1, 0.15) is 0 Å². The van der Waals surface area contributed by atoms with Gasteiger partial charge in [0.1, 0.15) is 0 Å². The first-order valence-corrected chi connectivity index (χ1v) is 5.14. The van der Waals surface area contributed by atoms with Crippen molar-refractivity contribution in [2.24, 2.45) is 0 Å². The number of nitrogens with zero attached hydrogens (tertiary/aromatic N) is 2. The van der Waals surface area contributed by atoms with Crippen molar-refractivity contribution in [2.45, 2.75) is 5.03 Å². The highest BCUT2D eigenvalue weighted by Gasteiger charge is 2.19. The fourth-order valence-electron chi connectivity index (χ4n) is 0.639. The normalized spacial score (nSPS) is 11.5. The van der Waals surface area contributed by atoms with Gasteiger partial charge in [0.15, 0.2) is 5.15 Å². The standard InChI is InChI=1S/C5H5ClN2O3S/c1-12(10,11)5-3-2-4(6)7-8(5)9/h2-3H,1H3. The van der Waals surface area contributed by atoms with E-state index in [0.29, 0.717) is 0 Å². The second-order valence-electron chi connectivity index (χ2n) is 2.14. The number of sulfone groups is 1. The highest BCUT2D eigenvalue weighted by Crippen LogP contribution is 2.04. The highest BCUT2D eigenvalue weighted by atomic mass is 35.5. The molecule has 1 rings (SSSR count). The Morgan fingerprint density at radius 2 is 2.17 bits per heavy atom. The molecule has 0 N–H and O–H groups in total. The summed E-state index contributed by atoms with van der Waals surface area (Å²) in [5.41, 5.74) is 0. The van der Waals surface area contributed by atoms with Crippen molar-refractivity contribution >= 4 is 21.4 Å². The van der Waals surface area contributed by atoms with Crippen LogP contribution in [0, 0.1) is 5.21 Å². The van der Waals surface area contributed by atoms with E-state index in [-0.39, 0.29) is 10.00 Å². The molecule has 66 valence electrons. The molecule has 5 nitrogen and oxygen atoms in total. The van der Waals surface area contributed by atoms with E-state index in [0.717, 1.165) is 12.3 Å². The van der Waals surface area contributed by atoms with Gasteiger partial charge in [0, 0.05) is 17.4 Å². The molecule has 7 heteroatoms. The van der Waals surface area contributed by atoms with Gasteiger partial charge in [-0.2, -0.15) is 0 Å². The molecule has 0 atom stereocenters. The Morgan fingerprint density at radius 3 is 2.58 bits per heavy atom. The summed E-state index contributed by atoms with van der Waals surface area (Å²) in [7, 11) is -3.52. The van der Waals surface area contributed by atoms with E-state index in [9.17, 15) is 13.6 Å². The third-order valence-corrected chi connectivity index (χ3v) is 2.37. The van der Waals surface area contributed by atoms with Crippen molar-refractivity contribution in [1.82, 2.24) is 5.10 Å². The van der Waals surface area contributed by atoms with Crippen LogP contribution in [0.25, 0.3) is 0 Å². The maximum Gasteiger partial charge on any atom is 0.334 e. The average Bonchev–Trinajstić information content (AvgIpc) is 1.83. The van der Waals surface area contributed by atoms with E-state index in [4.69, 9.17) is 11.6 Å². The fraction of sp³-hybridized carbons (Fsp3) is 0.200. The topological polar surface area (TPSA) is 74.0 Å². The first kappa shape index (κ1) is 9.21. The molecular formula is C5H5ClN2O3S. The van der Waals surface area contributed by atoms with Gasteiger partial charge in [0.25, 0.3) is 0 Å². The summed E-state index contributed by atoms with van der Waals surface area (Å²) >= 11 is 5.34. The number of rotatable bonds is 1. The van der Waals surface area contributed by atoms with Crippen LogP contribution in [-0.2, 0) is 9.84 Å². The molecule has 0 saturated carbocycles. The summed E-state index contributed by atoms with van der Waals surface area (Å²) in [6, 6.07) is 2.35. The Bertz CT molecular complexity index is 403. The molecule has 1 aromatic rings. The first-order chi connectivity index (χ1) is 5.41. The van der Waals surface area contributed by atoms with Crippen molar-refractivity contribution in [1.29, 1.82) is 0 Å². The minimum Gasteiger partial charge on any atom is -0.593 e. The van der Waals surface area contributed by atoms with Gasteiger partial charge >= 0.3 is 5.03 Å². The van der Waals surface area contributed by atoms with Gasteiger partial charge in [0.05, 0.1) is 0 Å². The lowest BCUT2D eigenvalue weighted by Crippen LogP contribution is -2.37. The maximum absolute atomic E-state index is 10.9. The Kier molecular flexibility index (Phi) is 2.20. The van der Waals surface area contributed by atoms with E-state index in [1.165, 1.54) is 6.07 Å². The van der Waals surface area contributed by atoms with Crippen LogP contribution >= 0.6 is 11.6 Å². The van der Waals surface area contributed by atoms with Crippen LogP contribution in [0.3, 0.4) is 0 Å². The maximum atomic E-state index is 10.9. The fourth-order valence-corrected chi connectivity index (χ4v) is 1.41. The van der Waals surface area contributed by atoms with Crippen LogP contribution in [0.5, 0.6) is 0 Å². The lowest BCUT2D eigenvalue weighted by atomic mass is 10.6. The Morgan fingerprint density at radius 1 is 1.58 bits per heavy atom. The molecule has 1 aromatic heterocycles. The number of halogens is 1. The van der Waals surface area contributed by atoms with Crippen molar-refractivity contribution in [2.75, 3.05) is 6.26 Å². The van der Waals surface area contributed by atoms with Crippen LogP contribution in [0.4, 0.5) is 0 Å². The molecule has 0 aliphatic heterocycles. The monoisotopic (exact) mass is 208 g/mol. The van der Waals surface area contributed by atoms with Crippen molar-refractivity contribution in [3.8, 4) is 0 Å². The minimum atomic E-state index is -3.52. The molecule has 12 heavy (non-hydrogen) atoms. The molecule has 0 aliphatic rings. The Balaban J connectivity index is 3.39. The smallest absolute Gasteiger partial charge is 0.334 e. The lowest BCUT2D eigenvalue weighted by molar-refractivity contribution is -0.707. The zero-order valence-electron chi connectivity index (χ0n) is 6.06. The predicted octanol–water partition coefficient (Wildman–Crippen LogP) is -0.228. The quantitative estimate of drug-likeness (QED) is 0.472. The predicted molar refractivity (Wildman–Crippen MR) is 41.3 cm³/mol. The lowest BCUT2D eigenvalue weighted by Gasteiger charge is -1.97. The summed E-state index contributed by atoms with van der Waals surface area (Å²) in [6.45, 7) is 0. The van der Waals surface area contributed by atoms with E-state index in [1.54, 1.807) is 0 Å². The van der Waals surface area contributed by atoms with Gasteiger partial charge in [-0.15, -0.1) is 0 Å². The second kappa shape index (κ2) is 2.87. The Labute approximate surface area is 74.1 Å². The van der Waals surface area contributed by atoms with E-state index < -0.39 is 14.9 Å². The molecule has 0 radical (unpaired) electrons. The summed E-state index contributed by atoms with van der Waals surface area (Å²) in [5, 5.41) is 13.6. The number of hydrogen-bond acceptors (Lipinski definition) is 4. The van der Waals surface area contributed by atoms with E-state index in [2.05, 4.69) is 5.10 Å². The first-order valence-electron chi connectivity index (χ1n) is 2.88. The highest BCUT2D eigenvalue weighted by molar-refractivity contribution is 7.90. The summed E-state index contributed by atoms with van der Waals surface area (Å²) < 4.78 is 21.7. The third kappa shape index (κ3) is 1.83. The Hall–Kier alpha value is -0.880. The summed E-state index contributed by atoms with van der Waals surface area (Å²) in [6.07, 6.45) is 0.923. The van der Waals surface area contributed by atoms with Crippen LogP contribution in [0.15, 0.2) is 17.2 Å². The van der Waals surface area contributed by atoms with Crippen LogP contribution in [-0.4, -0.2) is 19.8 Å². The number of aromatic nitrogens is 2. The van der Waals surface area contributed by atoms with Crippen molar-refractivity contribution in [3.63, 3.8) is 0 Å². The molecule has 0 aromatic carbocycles. The molecule has 0 unspecified atom stereocenters. The molecule has 0 fully saturated rings. The molecule has 0 spiro atoms. The molecule has 0 bridgehead atoms. The molecule has 1 heterocycles. The van der Waals surface area contributed by atoms with E-state index >= 15 is 0 Å². The average molecular weight is 209 g/mol. The van der Waals surface area contributed by atoms with Gasteiger partial charge in [-0.05, 0) is 10.9 Å². The molecule has 0 aliphatic carbocycles. The summed E-state index contributed by atoms with van der Waals surface area (Å²) in [4.78, 5) is -0.0162. The molecule has 0 amide bonds. The van der Waals surface area contributed by atoms with Gasteiger partial charge < -0.3 is 5.21 Å². The SMILES string of the molecule is CS(=O)(=O)c1ccc(Cl)n[n+]1[O-]. The largest absolute Gasteiger partial charge is 0.593 e. The van der Waals surface area contributed by atoms with Crippen LogP contribution in [0.2, 0.25) is 5.15 Å². The molecular weight excluding hydrogens is 204 g/mol. The summed E-state index contributed by atoms with van der Waals surface area (Å²) in [5.74, 6) is 0. The van der Waals surface area contributed by atoms with Gasteiger partial charge in [-0.3, -0.25) is 0 Å². The van der Waals surface area contributed by atoms with Crippen molar-refractivity contribution < 1.29 is 13.3 Å². The minimum absolute atomic E-state index is 0.0162. The van der Waals surface area contributed by atoms with Gasteiger partial charge in [-0.1, -0.05) is 11.6 Å². The van der Waals surface area contributed by atoms with Gasteiger partial charge in [-0.25, -0.2) is 8.42 Å². The van der Waals surface area contributed by atoms with Gasteiger partial charge in [0.2, 0.25) is 9.84 Å². The zero-order chi connectivity index (χ0) is 9.35. The number of hydrogen-bond donors (Lipinski definition) is 0. The zero-order valence-corrected chi connectivity index (χ0v) is 7.63. The second-order valence-corrected chi connectivity index (χ2v) is 4.49. The van der Waals surface area contributed by atoms with Crippen LogP contribution < -0.4 is 4.85 Å².